The Kier molecular flexibility index (Phi) is 8.34. The fraction of sp³-hybridized carbons (Fsp3) is 0.588. The molecule has 1 aliphatic carbocycles. The Morgan fingerprint density at radius 1 is 1.09 bits per heavy atom. The second-order valence-corrected chi connectivity index (χ2v) is 6.24. The molecule has 1 aromatic rings. The zero-order valence-corrected chi connectivity index (χ0v) is 15.0. The summed E-state index contributed by atoms with van der Waals surface area (Å²) in [5.41, 5.74) is 7.24. The Morgan fingerprint density at radius 3 is 2.22 bits per heavy atom. The molecule has 0 aromatic heterocycles. The third kappa shape index (κ3) is 5.08. The highest BCUT2D eigenvalue weighted by molar-refractivity contribution is 5.85. The molecule has 2 aliphatic rings. The van der Waals surface area contributed by atoms with Gasteiger partial charge < -0.3 is 10.6 Å². The largest absolute Gasteiger partial charge is 0.339 e. The second-order valence-electron chi connectivity index (χ2n) is 6.24. The molecule has 2 N–H and O–H groups in total. The molecule has 1 aromatic carbocycles. The van der Waals surface area contributed by atoms with Crippen molar-refractivity contribution in [1.82, 2.24) is 9.80 Å². The van der Waals surface area contributed by atoms with Gasteiger partial charge in [0.1, 0.15) is 0 Å². The molecule has 4 nitrogen and oxygen atoms in total. The van der Waals surface area contributed by atoms with Gasteiger partial charge in [-0.25, -0.2) is 0 Å². The van der Waals surface area contributed by atoms with Gasteiger partial charge in [-0.3, -0.25) is 9.69 Å². The molecule has 1 aliphatic heterocycles. The van der Waals surface area contributed by atoms with Gasteiger partial charge in [-0.05, 0) is 24.8 Å². The molecular weight excluding hydrogens is 333 g/mol. The van der Waals surface area contributed by atoms with E-state index in [-0.39, 0.29) is 30.7 Å². The first kappa shape index (κ1) is 20.2. The van der Waals surface area contributed by atoms with Crippen LogP contribution in [0.4, 0.5) is 0 Å². The van der Waals surface area contributed by atoms with Crippen LogP contribution in [0.25, 0.3) is 0 Å². The first-order chi connectivity index (χ1) is 10.2. The number of nitrogens with two attached hydrogens (primary N) is 1. The number of hydrogen-bond donors (Lipinski definition) is 1. The van der Waals surface area contributed by atoms with Gasteiger partial charge in [0.05, 0.1) is 6.04 Å². The van der Waals surface area contributed by atoms with Gasteiger partial charge in [-0.1, -0.05) is 36.8 Å². The summed E-state index contributed by atoms with van der Waals surface area (Å²) < 4.78 is 0. The van der Waals surface area contributed by atoms with E-state index in [0.717, 1.165) is 37.8 Å². The van der Waals surface area contributed by atoms with Gasteiger partial charge in [-0.2, -0.15) is 0 Å². The first-order valence-corrected chi connectivity index (χ1v) is 8.06. The van der Waals surface area contributed by atoms with Crippen molar-refractivity contribution in [2.75, 3.05) is 26.2 Å². The van der Waals surface area contributed by atoms with E-state index in [1.807, 2.05) is 35.2 Å². The Balaban J connectivity index is 0.00000132. The molecule has 1 saturated carbocycles. The van der Waals surface area contributed by atoms with Crippen LogP contribution in [-0.4, -0.2) is 54.0 Å². The highest BCUT2D eigenvalue weighted by Crippen LogP contribution is 2.25. The molecule has 1 atom stereocenters. The first-order valence-electron chi connectivity index (χ1n) is 8.06. The molecular formula is C17H27Cl2N3O. The topological polar surface area (TPSA) is 49.6 Å². The van der Waals surface area contributed by atoms with Crippen molar-refractivity contribution in [2.45, 2.75) is 37.8 Å². The van der Waals surface area contributed by atoms with E-state index in [1.54, 1.807) is 0 Å². The van der Waals surface area contributed by atoms with Crippen LogP contribution in [0.1, 0.15) is 24.8 Å². The van der Waals surface area contributed by atoms with Gasteiger partial charge in [0.15, 0.2) is 0 Å². The number of benzene rings is 1. The maximum Gasteiger partial charge on any atom is 0.239 e. The van der Waals surface area contributed by atoms with E-state index >= 15 is 0 Å². The summed E-state index contributed by atoms with van der Waals surface area (Å²) in [7, 11) is 0. The van der Waals surface area contributed by atoms with E-state index in [2.05, 4.69) is 4.90 Å². The van der Waals surface area contributed by atoms with Gasteiger partial charge in [0.25, 0.3) is 0 Å². The van der Waals surface area contributed by atoms with Crippen molar-refractivity contribution in [1.29, 1.82) is 0 Å². The van der Waals surface area contributed by atoms with Gasteiger partial charge >= 0.3 is 0 Å². The van der Waals surface area contributed by atoms with Crippen molar-refractivity contribution in [3.05, 3.63) is 35.9 Å². The predicted molar refractivity (Wildman–Crippen MR) is 98.4 cm³/mol. The maximum absolute atomic E-state index is 12.4. The summed E-state index contributed by atoms with van der Waals surface area (Å²) in [5, 5.41) is 0. The number of hydrogen-bond acceptors (Lipinski definition) is 3. The molecule has 3 rings (SSSR count). The standard InChI is InChI=1S/C17H25N3O.2ClH/c18-16(13-14-5-2-1-3-6-14)17(21)20-11-9-19(10-12-20)15-7-4-8-15;;/h1-3,5-6,15-16H,4,7-13,18H2;2*1H/t16-;;/m0../s1. The average Bonchev–Trinajstić information content (AvgIpc) is 2.46. The normalized spacial score (nSPS) is 20.0. The number of nitrogens with zero attached hydrogens (tertiary/aromatic N) is 2. The maximum atomic E-state index is 12.4. The zero-order chi connectivity index (χ0) is 14.7. The molecule has 1 amide bonds. The highest BCUT2D eigenvalue weighted by Gasteiger charge is 2.30. The van der Waals surface area contributed by atoms with Crippen LogP contribution in [0.3, 0.4) is 0 Å². The van der Waals surface area contributed by atoms with E-state index in [0.29, 0.717) is 6.42 Å². The Hall–Kier alpha value is -0.810. The molecule has 0 unspecified atom stereocenters. The molecule has 1 saturated heterocycles. The summed E-state index contributed by atoms with van der Waals surface area (Å²) in [5.74, 6) is 0.104. The monoisotopic (exact) mass is 359 g/mol. The SMILES string of the molecule is Cl.Cl.N[C@@H](Cc1ccccc1)C(=O)N1CCN(C2CCC2)CC1. The summed E-state index contributed by atoms with van der Waals surface area (Å²) >= 11 is 0. The third-order valence-electron chi connectivity index (χ3n) is 4.83. The molecule has 130 valence electrons. The fourth-order valence-corrected chi connectivity index (χ4v) is 3.25. The lowest BCUT2D eigenvalue weighted by Gasteiger charge is -2.43. The summed E-state index contributed by atoms with van der Waals surface area (Å²) in [6, 6.07) is 10.4. The van der Waals surface area contributed by atoms with E-state index in [4.69, 9.17) is 5.73 Å². The number of amides is 1. The van der Waals surface area contributed by atoms with Crippen LogP contribution in [0.5, 0.6) is 0 Å². The third-order valence-corrected chi connectivity index (χ3v) is 4.83. The van der Waals surface area contributed by atoms with Crippen LogP contribution in [0.15, 0.2) is 30.3 Å². The number of rotatable bonds is 4. The van der Waals surface area contributed by atoms with Gasteiger partial charge in [-0.15, -0.1) is 24.8 Å². The number of piperazine rings is 1. The lowest BCUT2D eigenvalue weighted by molar-refractivity contribution is -0.134. The van der Waals surface area contributed by atoms with Gasteiger partial charge in [0, 0.05) is 32.2 Å². The average molecular weight is 360 g/mol. The molecule has 23 heavy (non-hydrogen) atoms. The Bertz CT molecular complexity index is 474. The molecule has 6 heteroatoms. The van der Waals surface area contributed by atoms with Crippen LogP contribution >= 0.6 is 24.8 Å². The van der Waals surface area contributed by atoms with E-state index in [1.165, 1.54) is 19.3 Å². The number of carbonyl (C=O) groups excluding carboxylic acids is 1. The van der Waals surface area contributed by atoms with Crippen molar-refractivity contribution in [2.24, 2.45) is 5.73 Å². The molecule has 0 spiro atoms. The Labute approximate surface area is 151 Å². The number of carbonyl (C=O) groups is 1. The predicted octanol–water partition coefficient (Wildman–Crippen LogP) is 2.10. The summed E-state index contributed by atoms with van der Waals surface area (Å²) in [6.07, 6.45) is 4.66. The van der Waals surface area contributed by atoms with Gasteiger partial charge in [0.2, 0.25) is 5.91 Å². The minimum atomic E-state index is -0.414. The second kappa shape index (κ2) is 9.48. The van der Waals surface area contributed by atoms with E-state index < -0.39 is 6.04 Å². The lowest BCUT2D eigenvalue weighted by Crippen LogP contribution is -2.56. The summed E-state index contributed by atoms with van der Waals surface area (Å²) in [6.45, 7) is 3.68. The minimum Gasteiger partial charge on any atom is -0.339 e. The number of halogens is 2. The lowest BCUT2D eigenvalue weighted by atomic mass is 9.91. The van der Waals surface area contributed by atoms with E-state index in [9.17, 15) is 4.79 Å². The summed E-state index contributed by atoms with van der Waals surface area (Å²) in [4.78, 5) is 16.9. The Morgan fingerprint density at radius 2 is 1.70 bits per heavy atom. The minimum absolute atomic E-state index is 0. The van der Waals surface area contributed by atoms with Crippen molar-refractivity contribution in [3.8, 4) is 0 Å². The quantitative estimate of drug-likeness (QED) is 0.895. The van der Waals surface area contributed by atoms with Crippen LogP contribution < -0.4 is 5.73 Å². The van der Waals surface area contributed by atoms with Crippen LogP contribution in [0, 0.1) is 0 Å². The molecule has 0 radical (unpaired) electrons. The molecule has 1 heterocycles. The molecule has 0 bridgehead atoms. The fourth-order valence-electron chi connectivity index (χ4n) is 3.25. The van der Waals surface area contributed by atoms with Crippen molar-refractivity contribution >= 4 is 30.7 Å². The van der Waals surface area contributed by atoms with Crippen molar-refractivity contribution in [3.63, 3.8) is 0 Å². The highest BCUT2D eigenvalue weighted by atomic mass is 35.5. The van der Waals surface area contributed by atoms with Crippen LogP contribution in [-0.2, 0) is 11.2 Å². The van der Waals surface area contributed by atoms with Crippen molar-refractivity contribution < 1.29 is 4.79 Å². The smallest absolute Gasteiger partial charge is 0.239 e. The molecule has 2 fully saturated rings. The zero-order valence-electron chi connectivity index (χ0n) is 13.4. The van der Waals surface area contributed by atoms with Crippen LogP contribution in [0.2, 0.25) is 0 Å².